The third kappa shape index (κ3) is 2.49. The summed E-state index contributed by atoms with van der Waals surface area (Å²) in [4.78, 5) is 10.8. The Morgan fingerprint density at radius 1 is 1.35 bits per heavy atom. The summed E-state index contributed by atoms with van der Waals surface area (Å²) in [5.74, 6) is -0.798. The van der Waals surface area contributed by atoms with Crippen LogP contribution < -0.4 is 0 Å². The zero-order chi connectivity index (χ0) is 12.3. The molecule has 0 bridgehead atoms. The molecule has 0 aliphatic rings. The van der Waals surface area contributed by atoms with Gasteiger partial charge >= 0.3 is 5.97 Å². The molecule has 17 heavy (non-hydrogen) atoms. The van der Waals surface area contributed by atoms with E-state index in [1.807, 2.05) is 29.0 Å². The first-order chi connectivity index (χ1) is 8.22. The molecular formula is C14H17NO2. The van der Waals surface area contributed by atoms with E-state index in [1.165, 1.54) is 10.9 Å². The Bertz CT molecular complexity index is 528. The number of aliphatic carboxylic acids is 1. The minimum atomic E-state index is -0.798. The predicted molar refractivity (Wildman–Crippen MR) is 68.2 cm³/mol. The smallest absolute Gasteiger partial charge is 0.323 e. The van der Waals surface area contributed by atoms with Crippen molar-refractivity contribution in [2.45, 2.75) is 32.7 Å². The van der Waals surface area contributed by atoms with Crippen LogP contribution in [0.15, 0.2) is 30.5 Å². The van der Waals surface area contributed by atoms with Gasteiger partial charge < -0.3 is 9.67 Å². The molecule has 3 heteroatoms. The topological polar surface area (TPSA) is 42.2 Å². The maximum atomic E-state index is 10.8. The number of aryl methyl sites for hydroxylation is 1. The van der Waals surface area contributed by atoms with Crippen molar-refractivity contribution in [3.63, 3.8) is 0 Å². The number of para-hydroxylation sites is 1. The Morgan fingerprint density at radius 3 is 2.82 bits per heavy atom. The van der Waals surface area contributed by atoms with Gasteiger partial charge in [0.1, 0.15) is 6.54 Å². The van der Waals surface area contributed by atoms with Gasteiger partial charge in [0.05, 0.1) is 0 Å². The van der Waals surface area contributed by atoms with Gasteiger partial charge in [-0.3, -0.25) is 4.79 Å². The number of unbranched alkanes of at least 4 members (excludes halogenated alkanes) is 1. The lowest BCUT2D eigenvalue weighted by atomic mass is 10.1. The van der Waals surface area contributed by atoms with E-state index in [0.29, 0.717) is 0 Å². The number of benzene rings is 1. The van der Waals surface area contributed by atoms with Gasteiger partial charge in [0.25, 0.3) is 0 Å². The SMILES string of the molecule is CCCCc1cn(CC(=O)O)c2ccccc12. The van der Waals surface area contributed by atoms with Gasteiger partial charge in [-0.2, -0.15) is 0 Å². The average Bonchev–Trinajstić information content (AvgIpc) is 2.65. The molecule has 0 aliphatic carbocycles. The van der Waals surface area contributed by atoms with Gasteiger partial charge in [-0.1, -0.05) is 31.5 Å². The zero-order valence-corrected chi connectivity index (χ0v) is 10.0. The third-order valence-electron chi connectivity index (χ3n) is 2.98. The summed E-state index contributed by atoms with van der Waals surface area (Å²) in [5, 5.41) is 10.1. The monoisotopic (exact) mass is 231 g/mol. The van der Waals surface area contributed by atoms with Crippen molar-refractivity contribution < 1.29 is 9.90 Å². The molecule has 1 aromatic heterocycles. The van der Waals surface area contributed by atoms with Crippen molar-refractivity contribution in [3.8, 4) is 0 Å². The third-order valence-corrected chi connectivity index (χ3v) is 2.98. The Morgan fingerprint density at radius 2 is 2.12 bits per heavy atom. The summed E-state index contributed by atoms with van der Waals surface area (Å²) in [6.45, 7) is 2.20. The molecule has 1 N–H and O–H groups in total. The van der Waals surface area contributed by atoms with Crippen molar-refractivity contribution in [1.82, 2.24) is 4.57 Å². The number of carbonyl (C=O) groups is 1. The van der Waals surface area contributed by atoms with E-state index in [4.69, 9.17) is 5.11 Å². The number of hydrogen-bond donors (Lipinski definition) is 1. The lowest BCUT2D eigenvalue weighted by Crippen LogP contribution is -2.07. The van der Waals surface area contributed by atoms with Crippen LogP contribution in [0.1, 0.15) is 25.3 Å². The second-order valence-electron chi connectivity index (χ2n) is 4.30. The summed E-state index contributed by atoms with van der Waals surface area (Å²) >= 11 is 0. The van der Waals surface area contributed by atoms with E-state index in [1.54, 1.807) is 0 Å². The number of hydrogen-bond acceptors (Lipinski definition) is 1. The van der Waals surface area contributed by atoms with E-state index in [2.05, 4.69) is 13.0 Å². The number of fused-ring (bicyclic) bond motifs is 1. The van der Waals surface area contributed by atoms with Crippen molar-refractivity contribution in [2.75, 3.05) is 0 Å². The van der Waals surface area contributed by atoms with E-state index in [0.717, 1.165) is 24.8 Å². The summed E-state index contributed by atoms with van der Waals surface area (Å²) in [7, 11) is 0. The lowest BCUT2D eigenvalue weighted by molar-refractivity contribution is -0.137. The van der Waals surface area contributed by atoms with Gasteiger partial charge in [0.15, 0.2) is 0 Å². The summed E-state index contributed by atoms with van der Waals surface area (Å²) < 4.78 is 1.82. The van der Waals surface area contributed by atoms with Crippen LogP contribution in [0, 0.1) is 0 Å². The molecule has 0 aliphatic heterocycles. The molecule has 0 radical (unpaired) electrons. The summed E-state index contributed by atoms with van der Waals surface area (Å²) in [6.07, 6.45) is 5.29. The zero-order valence-electron chi connectivity index (χ0n) is 10.0. The number of aromatic nitrogens is 1. The fourth-order valence-electron chi connectivity index (χ4n) is 2.17. The predicted octanol–water partition coefficient (Wildman–Crippen LogP) is 3.07. The summed E-state index contributed by atoms with van der Waals surface area (Å²) in [6, 6.07) is 8.00. The number of nitrogens with zero attached hydrogens (tertiary/aromatic N) is 1. The first kappa shape index (κ1) is 11.7. The highest BCUT2D eigenvalue weighted by Gasteiger charge is 2.09. The molecule has 3 nitrogen and oxygen atoms in total. The number of carboxylic acid groups (broad SMARTS) is 1. The quantitative estimate of drug-likeness (QED) is 0.859. The fourth-order valence-corrected chi connectivity index (χ4v) is 2.17. The lowest BCUT2D eigenvalue weighted by Gasteiger charge is -1.99. The van der Waals surface area contributed by atoms with Crippen LogP contribution in [-0.4, -0.2) is 15.6 Å². The van der Waals surface area contributed by atoms with Crippen LogP contribution in [0.5, 0.6) is 0 Å². The van der Waals surface area contributed by atoms with E-state index >= 15 is 0 Å². The fraction of sp³-hybridized carbons (Fsp3) is 0.357. The van der Waals surface area contributed by atoms with Crippen molar-refractivity contribution in [1.29, 1.82) is 0 Å². The molecule has 2 aromatic rings. The van der Waals surface area contributed by atoms with Crippen LogP contribution in [0.3, 0.4) is 0 Å². The Hall–Kier alpha value is -1.77. The first-order valence-electron chi connectivity index (χ1n) is 6.01. The molecule has 90 valence electrons. The highest BCUT2D eigenvalue weighted by molar-refractivity contribution is 5.85. The highest BCUT2D eigenvalue weighted by atomic mass is 16.4. The maximum Gasteiger partial charge on any atom is 0.323 e. The molecule has 0 saturated heterocycles. The molecule has 1 heterocycles. The minimum Gasteiger partial charge on any atom is -0.480 e. The molecule has 0 unspecified atom stereocenters. The van der Waals surface area contributed by atoms with Gasteiger partial charge in [-0.15, -0.1) is 0 Å². The Balaban J connectivity index is 2.42. The van der Waals surface area contributed by atoms with Crippen LogP contribution in [-0.2, 0) is 17.8 Å². The summed E-state index contributed by atoms with van der Waals surface area (Å²) in [5.41, 5.74) is 2.27. The maximum absolute atomic E-state index is 10.8. The van der Waals surface area contributed by atoms with Gasteiger partial charge in [-0.25, -0.2) is 0 Å². The van der Waals surface area contributed by atoms with Crippen LogP contribution in [0.2, 0.25) is 0 Å². The van der Waals surface area contributed by atoms with E-state index in [9.17, 15) is 4.79 Å². The van der Waals surface area contributed by atoms with Gasteiger partial charge in [-0.05, 0) is 24.5 Å². The number of rotatable bonds is 5. The van der Waals surface area contributed by atoms with E-state index in [-0.39, 0.29) is 6.54 Å². The van der Waals surface area contributed by atoms with Gasteiger partial charge in [0.2, 0.25) is 0 Å². The molecule has 2 rings (SSSR count). The molecule has 0 saturated carbocycles. The van der Waals surface area contributed by atoms with Crippen LogP contribution in [0.25, 0.3) is 10.9 Å². The van der Waals surface area contributed by atoms with Gasteiger partial charge in [0, 0.05) is 17.1 Å². The van der Waals surface area contributed by atoms with Crippen LogP contribution >= 0.6 is 0 Å². The minimum absolute atomic E-state index is 0.0344. The molecule has 0 fully saturated rings. The van der Waals surface area contributed by atoms with Crippen molar-refractivity contribution in [2.24, 2.45) is 0 Å². The van der Waals surface area contributed by atoms with Crippen LogP contribution in [0.4, 0.5) is 0 Å². The molecule has 0 amide bonds. The molecule has 1 aromatic carbocycles. The first-order valence-corrected chi connectivity index (χ1v) is 6.01. The number of carboxylic acids is 1. The Kier molecular flexibility index (Phi) is 3.47. The normalized spacial score (nSPS) is 10.9. The largest absolute Gasteiger partial charge is 0.480 e. The average molecular weight is 231 g/mol. The Labute approximate surface area is 101 Å². The van der Waals surface area contributed by atoms with Crippen molar-refractivity contribution >= 4 is 16.9 Å². The molecule has 0 atom stereocenters. The highest BCUT2D eigenvalue weighted by Crippen LogP contribution is 2.22. The standard InChI is InChI=1S/C14H17NO2/c1-2-3-6-11-9-15(10-14(16)17)13-8-5-4-7-12(11)13/h4-5,7-9H,2-3,6,10H2,1H3,(H,16,17). The van der Waals surface area contributed by atoms with E-state index < -0.39 is 5.97 Å². The second kappa shape index (κ2) is 5.04. The molecular weight excluding hydrogens is 214 g/mol. The van der Waals surface area contributed by atoms with Crippen molar-refractivity contribution in [3.05, 3.63) is 36.0 Å². The molecule has 0 spiro atoms. The second-order valence-corrected chi connectivity index (χ2v) is 4.30.